The largest absolute Gasteiger partial charge is 0.497 e. The maximum absolute atomic E-state index is 12.8. The molecule has 1 amide bonds. The molecule has 23 heavy (non-hydrogen) atoms. The predicted octanol–water partition coefficient (Wildman–Crippen LogP) is 3.22. The molecule has 0 N–H and O–H groups in total. The summed E-state index contributed by atoms with van der Waals surface area (Å²) in [6.07, 6.45) is 5.21. The maximum atomic E-state index is 12.8. The second-order valence-electron chi connectivity index (χ2n) is 6.64. The highest BCUT2D eigenvalue weighted by Crippen LogP contribution is 2.29. The Morgan fingerprint density at radius 3 is 2.57 bits per heavy atom. The minimum absolute atomic E-state index is 0.165. The smallest absolute Gasteiger partial charge is 0.225 e. The number of carbonyl (C=O) groups is 1. The second-order valence-corrected chi connectivity index (χ2v) is 6.64. The third-order valence-corrected chi connectivity index (χ3v) is 5.14. The first-order valence-electron chi connectivity index (χ1n) is 8.78. The SMILES string of the molecule is COc1ccc([C@H]2CCCCN(C(=O)C3CCOCC3)C2)cc1. The van der Waals surface area contributed by atoms with Crippen molar-refractivity contribution in [1.82, 2.24) is 4.90 Å². The Balaban J connectivity index is 1.68. The Kier molecular flexibility index (Phi) is 5.55. The highest BCUT2D eigenvalue weighted by atomic mass is 16.5. The number of methoxy groups -OCH3 is 1. The average Bonchev–Trinajstić information content (AvgIpc) is 2.88. The van der Waals surface area contributed by atoms with Gasteiger partial charge in [-0.3, -0.25) is 4.79 Å². The van der Waals surface area contributed by atoms with Crippen molar-refractivity contribution in [3.05, 3.63) is 29.8 Å². The molecular weight excluding hydrogens is 290 g/mol. The average molecular weight is 317 g/mol. The molecule has 0 unspecified atom stereocenters. The van der Waals surface area contributed by atoms with Crippen molar-refractivity contribution in [2.24, 2.45) is 5.92 Å². The van der Waals surface area contributed by atoms with Gasteiger partial charge >= 0.3 is 0 Å². The molecule has 0 saturated carbocycles. The van der Waals surface area contributed by atoms with Crippen LogP contribution in [0, 0.1) is 5.92 Å². The number of nitrogens with zero attached hydrogens (tertiary/aromatic N) is 1. The zero-order valence-corrected chi connectivity index (χ0v) is 14.0. The van der Waals surface area contributed by atoms with E-state index in [-0.39, 0.29) is 5.92 Å². The van der Waals surface area contributed by atoms with Gasteiger partial charge in [-0.2, -0.15) is 0 Å². The van der Waals surface area contributed by atoms with Gasteiger partial charge < -0.3 is 14.4 Å². The molecule has 1 aromatic carbocycles. The van der Waals surface area contributed by atoms with Gasteiger partial charge in [0, 0.05) is 38.1 Å². The molecule has 126 valence electrons. The van der Waals surface area contributed by atoms with Gasteiger partial charge in [-0.15, -0.1) is 0 Å². The van der Waals surface area contributed by atoms with Crippen LogP contribution in [-0.4, -0.2) is 44.2 Å². The summed E-state index contributed by atoms with van der Waals surface area (Å²) in [5.41, 5.74) is 1.32. The molecule has 4 nitrogen and oxygen atoms in total. The van der Waals surface area contributed by atoms with Crippen molar-refractivity contribution in [2.45, 2.75) is 38.0 Å². The van der Waals surface area contributed by atoms with Gasteiger partial charge in [-0.1, -0.05) is 18.6 Å². The standard InChI is InChI=1S/C19H27NO3/c1-22-18-7-5-15(6-8-18)17-4-2-3-11-20(14-17)19(21)16-9-12-23-13-10-16/h5-8,16-17H,2-4,9-14H2,1H3/t17-/m0/s1. The van der Waals surface area contributed by atoms with E-state index < -0.39 is 0 Å². The molecule has 0 radical (unpaired) electrons. The van der Waals surface area contributed by atoms with E-state index in [2.05, 4.69) is 17.0 Å². The summed E-state index contributed by atoms with van der Waals surface area (Å²) in [5.74, 6) is 1.83. The Morgan fingerprint density at radius 2 is 1.87 bits per heavy atom. The molecule has 0 aromatic heterocycles. The van der Waals surface area contributed by atoms with Crippen molar-refractivity contribution in [3.63, 3.8) is 0 Å². The van der Waals surface area contributed by atoms with Gasteiger partial charge in [0.25, 0.3) is 0 Å². The molecule has 4 heteroatoms. The summed E-state index contributed by atoms with van der Waals surface area (Å²) in [5, 5.41) is 0. The molecule has 2 aliphatic rings. The minimum atomic E-state index is 0.165. The third-order valence-electron chi connectivity index (χ3n) is 5.14. The molecule has 2 fully saturated rings. The van der Waals surface area contributed by atoms with Crippen LogP contribution in [0.5, 0.6) is 5.75 Å². The lowest BCUT2D eigenvalue weighted by atomic mass is 9.93. The number of likely N-dealkylation sites (tertiary alicyclic amines) is 1. The van der Waals surface area contributed by atoms with E-state index >= 15 is 0 Å². The normalized spacial score (nSPS) is 23.3. The second kappa shape index (κ2) is 7.82. The van der Waals surface area contributed by atoms with Gasteiger partial charge in [0.2, 0.25) is 5.91 Å². The fourth-order valence-electron chi connectivity index (χ4n) is 3.69. The van der Waals surface area contributed by atoms with Crippen molar-refractivity contribution in [3.8, 4) is 5.75 Å². The molecule has 2 aliphatic heterocycles. The summed E-state index contributed by atoms with van der Waals surface area (Å²) in [7, 11) is 1.69. The van der Waals surface area contributed by atoms with E-state index in [1.807, 2.05) is 12.1 Å². The van der Waals surface area contributed by atoms with Gasteiger partial charge in [0.1, 0.15) is 5.75 Å². The van der Waals surface area contributed by atoms with Crippen LogP contribution in [0.4, 0.5) is 0 Å². The summed E-state index contributed by atoms with van der Waals surface area (Å²) in [4.78, 5) is 14.9. The first-order valence-corrected chi connectivity index (χ1v) is 8.78. The number of rotatable bonds is 3. The number of hydrogen-bond donors (Lipinski definition) is 0. The summed E-state index contributed by atoms with van der Waals surface area (Å²) in [6.45, 7) is 3.21. The van der Waals surface area contributed by atoms with Crippen molar-refractivity contribution >= 4 is 5.91 Å². The molecular formula is C19H27NO3. The summed E-state index contributed by atoms with van der Waals surface area (Å²) < 4.78 is 10.6. The topological polar surface area (TPSA) is 38.8 Å². The summed E-state index contributed by atoms with van der Waals surface area (Å²) in [6, 6.07) is 8.33. The van der Waals surface area contributed by atoms with Crippen LogP contribution in [0.15, 0.2) is 24.3 Å². The Hall–Kier alpha value is -1.55. The number of hydrogen-bond acceptors (Lipinski definition) is 3. The number of ether oxygens (including phenoxy) is 2. The Bertz CT molecular complexity index is 508. The molecule has 3 rings (SSSR count). The predicted molar refractivity (Wildman–Crippen MR) is 89.7 cm³/mol. The quantitative estimate of drug-likeness (QED) is 0.859. The Morgan fingerprint density at radius 1 is 1.13 bits per heavy atom. The molecule has 2 saturated heterocycles. The lowest BCUT2D eigenvalue weighted by molar-refractivity contribution is -0.138. The van der Waals surface area contributed by atoms with E-state index in [0.29, 0.717) is 11.8 Å². The monoisotopic (exact) mass is 317 g/mol. The fourth-order valence-corrected chi connectivity index (χ4v) is 3.69. The minimum Gasteiger partial charge on any atom is -0.497 e. The molecule has 2 heterocycles. The van der Waals surface area contributed by atoms with Crippen molar-refractivity contribution < 1.29 is 14.3 Å². The number of carbonyl (C=O) groups excluding carboxylic acids is 1. The third kappa shape index (κ3) is 4.05. The summed E-state index contributed by atoms with van der Waals surface area (Å²) >= 11 is 0. The van der Waals surface area contributed by atoms with Crippen LogP contribution in [0.2, 0.25) is 0 Å². The molecule has 1 aromatic rings. The highest BCUT2D eigenvalue weighted by molar-refractivity contribution is 5.79. The van der Waals surface area contributed by atoms with Gasteiger partial charge in [0.15, 0.2) is 0 Å². The lowest BCUT2D eigenvalue weighted by Crippen LogP contribution is -2.40. The molecule has 0 aliphatic carbocycles. The van der Waals surface area contributed by atoms with Crippen molar-refractivity contribution in [1.29, 1.82) is 0 Å². The van der Waals surface area contributed by atoms with Gasteiger partial charge in [0.05, 0.1) is 7.11 Å². The lowest BCUT2D eigenvalue weighted by Gasteiger charge is -2.30. The van der Waals surface area contributed by atoms with E-state index in [1.54, 1.807) is 7.11 Å². The van der Waals surface area contributed by atoms with Crippen LogP contribution < -0.4 is 4.74 Å². The van der Waals surface area contributed by atoms with Crippen LogP contribution in [0.3, 0.4) is 0 Å². The van der Waals surface area contributed by atoms with E-state index in [9.17, 15) is 4.79 Å². The Labute approximate surface area is 138 Å². The first kappa shape index (κ1) is 16.3. The van der Waals surface area contributed by atoms with Crippen LogP contribution >= 0.6 is 0 Å². The molecule has 1 atom stereocenters. The van der Waals surface area contributed by atoms with Gasteiger partial charge in [-0.25, -0.2) is 0 Å². The van der Waals surface area contributed by atoms with Crippen LogP contribution in [0.25, 0.3) is 0 Å². The van der Waals surface area contributed by atoms with Crippen LogP contribution in [-0.2, 0) is 9.53 Å². The van der Waals surface area contributed by atoms with Crippen molar-refractivity contribution in [2.75, 3.05) is 33.4 Å². The molecule has 0 spiro atoms. The number of amides is 1. The van der Waals surface area contributed by atoms with E-state index in [1.165, 1.54) is 12.0 Å². The molecule has 0 bridgehead atoms. The zero-order valence-electron chi connectivity index (χ0n) is 14.0. The van der Waals surface area contributed by atoms with E-state index in [0.717, 1.165) is 57.7 Å². The highest BCUT2D eigenvalue weighted by Gasteiger charge is 2.29. The van der Waals surface area contributed by atoms with E-state index in [4.69, 9.17) is 9.47 Å². The number of benzene rings is 1. The fraction of sp³-hybridized carbons (Fsp3) is 0.632. The maximum Gasteiger partial charge on any atom is 0.225 e. The van der Waals surface area contributed by atoms with Gasteiger partial charge in [-0.05, 0) is 43.4 Å². The van der Waals surface area contributed by atoms with Crippen LogP contribution in [0.1, 0.15) is 43.6 Å². The first-order chi connectivity index (χ1) is 11.3. The zero-order chi connectivity index (χ0) is 16.1.